The maximum Gasteiger partial charge on any atom is 0.202 e. The Morgan fingerprint density at radius 2 is 1.83 bits per heavy atom. The molecule has 0 aromatic carbocycles. The van der Waals surface area contributed by atoms with E-state index in [1.165, 1.54) is 0 Å². The van der Waals surface area contributed by atoms with Crippen LogP contribution in [-0.2, 0) is 0 Å². The van der Waals surface area contributed by atoms with Gasteiger partial charge in [-0.25, -0.2) is 9.97 Å². The maximum atomic E-state index is 11.3. The summed E-state index contributed by atoms with van der Waals surface area (Å²) in [5.74, 6) is 0.276. The standard InChI is InChI=1S/C9H12N2O/c1-6(2)8(12)9-10-4-7(3)5-11-9/h4-6H,1-3H3. The van der Waals surface area contributed by atoms with Crippen LogP contribution in [0.25, 0.3) is 0 Å². The van der Waals surface area contributed by atoms with E-state index in [9.17, 15) is 4.79 Å². The first-order valence-corrected chi connectivity index (χ1v) is 3.94. The molecule has 12 heavy (non-hydrogen) atoms. The van der Waals surface area contributed by atoms with Crippen LogP contribution < -0.4 is 0 Å². The van der Waals surface area contributed by atoms with E-state index in [1.807, 2.05) is 20.8 Å². The van der Waals surface area contributed by atoms with Gasteiger partial charge >= 0.3 is 0 Å². The van der Waals surface area contributed by atoms with Crippen LogP contribution in [0.15, 0.2) is 12.4 Å². The summed E-state index contributed by atoms with van der Waals surface area (Å²) in [7, 11) is 0. The Bertz CT molecular complexity index is 277. The number of nitrogens with zero attached hydrogens (tertiary/aromatic N) is 2. The number of hydrogen-bond donors (Lipinski definition) is 0. The van der Waals surface area contributed by atoms with Crippen LogP contribution in [0.1, 0.15) is 30.0 Å². The van der Waals surface area contributed by atoms with Crippen molar-refractivity contribution in [1.82, 2.24) is 9.97 Å². The maximum absolute atomic E-state index is 11.3. The van der Waals surface area contributed by atoms with Crippen molar-refractivity contribution < 1.29 is 4.79 Å². The molecule has 64 valence electrons. The van der Waals surface area contributed by atoms with Crippen molar-refractivity contribution in [2.24, 2.45) is 5.92 Å². The van der Waals surface area contributed by atoms with Gasteiger partial charge in [-0.15, -0.1) is 0 Å². The summed E-state index contributed by atoms with van der Waals surface area (Å²) in [6.45, 7) is 5.57. The largest absolute Gasteiger partial charge is 0.290 e. The summed E-state index contributed by atoms with van der Waals surface area (Å²) in [6.07, 6.45) is 3.31. The highest BCUT2D eigenvalue weighted by Crippen LogP contribution is 2.02. The molecule has 0 saturated carbocycles. The van der Waals surface area contributed by atoms with Gasteiger partial charge in [0, 0.05) is 18.3 Å². The highest BCUT2D eigenvalue weighted by atomic mass is 16.1. The lowest BCUT2D eigenvalue weighted by Gasteiger charge is -2.01. The van der Waals surface area contributed by atoms with Crippen molar-refractivity contribution in [3.8, 4) is 0 Å². The van der Waals surface area contributed by atoms with Crippen LogP contribution in [0, 0.1) is 12.8 Å². The SMILES string of the molecule is Cc1cnc(C(=O)C(C)C)nc1. The molecular weight excluding hydrogens is 152 g/mol. The van der Waals surface area contributed by atoms with Crippen LogP contribution in [0.2, 0.25) is 0 Å². The molecule has 0 radical (unpaired) electrons. The predicted molar refractivity (Wildman–Crippen MR) is 45.9 cm³/mol. The lowest BCUT2D eigenvalue weighted by Crippen LogP contribution is -2.11. The second kappa shape index (κ2) is 3.43. The molecule has 0 aliphatic rings. The number of ketones is 1. The van der Waals surface area contributed by atoms with Crippen molar-refractivity contribution in [3.05, 3.63) is 23.8 Å². The van der Waals surface area contributed by atoms with E-state index in [1.54, 1.807) is 12.4 Å². The molecule has 1 aromatic heterocycles. The molecule has 0 fully saturated rings. The summed E-state index contributed by atoms with van der Waals surface area (Å²) >= 11 is 0. The lowest BCUT2D eigenvalue weighted by atomic mass is 10.1. The molecular formula is C9H12N2O. The molecule has 0 bridgehead atoms. The Balaban J connectivity index is 2.90. The van der Waals surface area contributed by atoms with Gasteiger partial charge < -0.3 is 0 Å². The molecule has 1 heterocycles. The fourth-order valence-corrected chi connectivity index (χ4v) is 0.778. The lowest BCUT2D eigenvalue weighted by molar-refractivity contribution is 0.0929. The first-order chi connectivity index (χ1) is 5.61. The zero-order valence-corrected chi connectivity index (χ0v) is 7.53. The molecule has 1 rings (SSSR count). The number of carbonyl (C=O) groups excluding carboxylic acids is 1. The van der Waals surface area contributed by atoms with Crippen molar-refractivity contribution in [2.45, 2.75) is 20.8 Å². The van der Waals surface area contributed by atoms with Gasteiger partial charge in [-0.1, -0.05) is 13.8 Å². The van der Waals surface area contributed by atoms with E-state index in [4.69, 9.17) is 0 Å². The molecule has 0 saturated heterocycles. The molecule has 1 aromatic rings. The van der Waals surface area contributed by atoms with Gasteiger partial charge in [0.2, 0.25) is 5.78 Å². The van der Waals surface area contributed by atoms with Gasteiger partial charge in [0.1, 0.15) is 0 Å². The van der Waals surface area contributed by atoms with E-state index < -0.39 is 0 Å². The molecule has 0 spiro atoms. The minimum absolute atomic E-state index is 0.00463. The first-order valence-electron chi connectivity index (χ1n) is 3.94. The fraction of sp³-hybridized carbons (Fsp3) is 0.444. The predicted octanol–water partition coefficient (Wildman–Crippen LogP) is 1.62. The summed E-state index contributed by atoms with van der Waals surface area (Å²) in [4.78, 5) is 19.2. The van der Waals surface area contributed by atoms with Gasteiger partial charge in [-0.3, -0.25) is 4.79 Å². The highest BCUT2D eigenvalue weighted by molar-refractivity contribution is 5.93. The van der Waals surface area contributed by atoms with Crippen LogP contribution in [-0.4, -0.2) is 15.8 Å². The third kappa shape index (κ3) is 1.87. The minimum Gasteiger partial charge on any atom is -0.290 e. The summed E-state index contributed by atoms with van der Waals surface area (Å²) < 4.78 is 0. The zero-order valence-electron chi connectivity index (χ0n) is 7.53. The number of carbonyl (C=O) groups is 1. The monoisotopic (exact) mass is 164 g/mol. The van der Waals surface area contributed by atoms with Crippen LogP contribution >= 0.6 is 0 Å². The third-order valence-electron chi connectivity index (χ3n) is 1.53. The summed E-state index contributed by atoms with van der Waals surface area (Å²) in [6, 6.07) is 0. The first kappa shape index (κ1) is 8.84. The van der Waals surface area contributed by atoms with Gasteiger partial charge in [0.25, 0.3) is 0 Å². The van der Waals surface area contributed by atoms with E-state index >= 15 is 0 Å². The van der Waals surface area contributed by atoms with Crippen molar-refractivity contribution >= 4 is 5.78 Å². The normalized spacial score (nSPS) is 10.3. The number of aryl methyl sites for hydroxylation is 1. The summed E-state index contributed by atoms with van der Waals surface area (Å²) in [5.41, 5.74) is 0.968. The summed E-state index contributed by atoms with van der Waals surface area (Å²) in [5, 5.41) is 0. The van der Waals surface area contributed by atoms with Crippen LogP contribution in [0.3, 0.4) is 0 Å². The molecule has 3 nitrogen and oxygen atoms in total. The number of aromatic nitrogens is 2. The van der Waals surface area contributed by atoms with Gasteiger partial charge in [-0.05, 0) is 12.5 Å². The Morgan fingerprint density at radius 1 is 1.33 bits per heavy atom. The quantitative estimate of drug-likeness (QED) is 0.624. The molecule has 0 aliphatic heterocycles. The molecule has 0 aliphatic carbocycles. The number of Topliss-reactive ketones (excluding diaryl/α,β-unsaturated/α-hetero) is 1. The smallest absolute Gasteiger partial charge is 0.202 e. The van der Waals surface area contributed by atoms with Gasteiger partial charge in [-0.2, -0.15) is 0 Å². The molecule has 0 amide bonds. The van der Waals surface area contributed by atoms with Crippen LogP contribution in [0.5, 0.6) is 0 Å². The van der Waals surface area contributed by atoms with Gasteiger partial charge in [0.15, 0.2) is 5.82 Å². The Morgan fingerprint density at radius 3 is 2.25 bits per heavy atom. The Hall–Kier alpha value is -1.25. The topological polar surface area (TPSA) is 42.9 Å². The van der Waals surface area contributed by atoms with Crippen molar-refractivity contribution in [3.63, 3.8) is 0 Å². The van der Waals surface area contributed by atoms with E-state index in [0.29, 0.717) is 5.82 Å². The molecule has 3 heteroatoms. The third-order valence-corrected chi connectivity index (χ3v) is 1.53. The highest BCUT2D eigenvalue weighted by Gasteiger charge is 2.12. The van der Waals surface area contributed by atoms with E-state index in [0.717, 1.165) is 5.56 Å². The van der Waals surface area contributed by atoms with Crippen molar-refractivity contribution in [2.75, 3.05) is 0 Å². The average Bonchev–Trinajstić information content (AvgIpc) is 2.04. The number of rotatable bonds is 2. The van der Waals surface area contributed by atoms with Gasteiger partial charge in [0.05, 0.1) is 0 Å². The minimum atomic E-state index is -0.0345. The van der Waals surface area contributed by atoms with Crippen molar-refractivity contribution in [1.29, 1.82) is 0 Å². The Kier molecular flexibility index (Phi) is 2.53. The molecule has 0 N–H and O–H groups in total. The fourth-order valence-electron chi connectivity index (χ4n) is 0.778. The zero-order chi connectivity index (χ0) is 9.14. The molecule has 0 atom stereocenters. The average molecular weight is 164 g/mol. The van der Waals surface area contributed by atoms with Crippen LogP contribution in [0.4, 0.5) is 0 Å². The van der Waals surface area contributed by atoms with E-state index in [2.05, 4.69) is 9.97 Å². The van der Waals surface area contributed by atoms with E-state index in [-0.39, 0.29) is 11.7 Å². The number of hydrogen-bond acceptors (Lipinski definition) is 3. The molecule has 0 unspecified atom stereocenters. The second-order valence-electron chi connectivity index (χ2n) is 3.10. The second-order valence-corrected chi connectivity index (χ2v) is 3.10. The Labute approximate surface area is 71.9 Å².